The highest BCUT2D eigenvalue weighted by Crippen LogP contribution is 2.68. The van der Waals surface area contributed by atoms with Crippen LogP contribution in [0.15, 0.2) is 36.7 Å². The van der Waals surface area contributed by atoms with Gasteiger partial charge in [-0.25, -0.2) is 15.0 Å². The number of carbonyl (C=O) groups is 1. The van der Waals surface area contributed by atoms with Crippen molar-refractivity contribution < 1.29 is 29.6 Å². The van der Waals surface area contributed by atoms with Gasteiger partial charge in [0.1, 0.15) is 11.5 Å². The number of carbonyl (C=O) groups excluding carboxylic acids is 1. The predicted octanol–water partition coefficient (Wildman–Crippen LogP) is 3.16. The summed E-state index contributed by atoms with van der Waals surface area (Å²) in [5, 5.41) is 35.4. The van der Waals surface area contributed by atoms with E-state index in [9.17, 15) is 20.1 Å². The number of aromatic hydroxyl groups is 1. The number of ether oxygens (including phenoxy) is 2. The minimum atomic E-state index is -1.27. The van der Waals surface area contributed by atoms with Crippen LogP contribution in [0, 0.1) is 23.2 Å². The molecule has 0 radical (unpaired) electrons. The zero-order valence-electron chi connectivity index (χ0n) is 22.7. The number of aliphatic hydroxyl groups excluding tert-OH is 2. The molecule has 0 spiro atoms. The average Bonchev–Trinajstić information content (AvgIpc) is 3.21. The van der Waals surface area contributed by atoms with Crippen LogP contribution >= 0.6 is 22.9 Å². The summed E-state index contributed by atoms with van der Waals surface area (Å²) in [6, 6.07) is 8.14. The van der Waals surface area contributed by atoms with Crippen molar-refractivity contribution in [2.24, 2.45) is 11.3 Å². The summed E-state index contributed by atoms with van der Waals surface area (Å²) >= 11 is 7.39. The van der Waals surface area contributed by atoms with E-state index >= 15 is 0 Å². The van der Waals surface area contributed by atoms with Crippen molar-refractivity contribution >= 4 is 45.9 Å². The minimum Gasteiger partial charge on any atom is -0.504 e. The third-order valence-electron chi connectivity index (χ3n) is 7.89. The van der Waals surface area contributed by atoms with E-state index < -0.39 is 29.6 Å². The lowest BCUT2D eigenvalue weighted by Crippen LogP contribution is -2.38. The minimum absolute atomic E-state index is 0.0562. The highest BCUT2D eigenvalue weighted by Gasteiger charge is 2.76. The van der Waals surface area contributed by atoms with Crippen LogP contribution in [0.1, 0.15) is 35.7 Å². The van der Waals surface area contributed by atoms with E-state index in [0.717, 1.165) is 10.4 Å². The Kier molecular flexibility index (Phi) is 7.44. The van der Waals surface area contributed by atoms with Gasteiger partial charge in [0.25, 0.3) is 0 Å². The first kappa shape index (κ1) is 28.2. The molecule has 0 amide bonds. The number of fused-ring (bicyclic) bond motifs is 2. The van der Waals surface area contributed by atoms with Crippen LogP contribution in [-0.2, 0) is 16.0 Å². The number of phenols is 1. The third kappa shape index (κ3) is 4.82. The lowest BCUT2D eigenvalue weighted by Gasteiger charge is -2.23. The van der Waals surface area contributed by atoms with Crippen LogP contribution in [0.4, 0.5) is 5.82 Å². The molecule has 4 aromatic rings. The van der Waals surface area contributed by atoms with E-state index in [-0.39, 0.29) is 24.1 Å². The molecule has 3 heterocycles. The zero-order valence-corrected chi connectivity index (χ0v) is 24.3. The first-order valence-electron chi connectivity index (χ1n) is 13.4. The summed E-state index contributed by atoms with van der Waals surface area (Å²) in [6.07, 6.45) is 0.0126. The van der Waals surface area contributed by atoms with Gasteiger partial charge in [-0.15, -0.1) is 11.3 Å². The van der Waals surface area contributed by atoms with Crippen LogP contribution < -0.4 is 10.1 Å². The molecule has 11 nitrogen and oxygen atoms in total. The molecule has 2 aliphatic rings. The molecular formula is C29H28ClN5O6S. The number of aromatic nitrogens is 4. The number of nitrogens with one attached hydrogen (secondary N) is 1. The van der Waals surface area contributed by atoms with Crippen molar-refractivity contribution in [2.45, 2.75) is 38.0 Å². The fourth-order valence-corrected chi connectivity index (χ4v) is 6.71. The summed E-state index contributed by atoms with van der Waals surface area (Å²) in [5.74, 6) is 6.29. The van der Waals surface area contributed by atoms with Gasteiger partial charge in [-0.2, -0.15) is 0 Å². The number of aliphatic hydroxyl groups is 2. The zero-order chi connectivity index (χ0) is 29.6. The fraction of sp³-hybridized carbons (Fsp3) is 0.379. The molecule has 0 bridgehead atoms. The molecule has 0 aliphatic heterocycles. The number of halogens is 1. The number of benzene rings is 1. The fourth-order valence-electron chi connectivity index (χ4n) is 5.81. The standard InChI is InChI=1S/C29H28ClN5O6S/c1-3-41-28(39)29-13-17(29)23(24(37)25(29)38)35-14-32-22-26(31-11-10-15-4-7-19(40-2)18(36)12-15)33-21(34-27(22)35)9-6-16-5-8-20(30)42-16/h4-5,7-8,12,14,17,23-25,36-38H,3,10-11,13H2,1-2H3,(H,31,33,34)/t17-,23-,24+,25+,29+/m1/s1. The molecule has 42 heavy (non-hydrogen) atoms. The Morgan fingerprint density at radius 1 is 1.26 bits per heavy atom. The van der Waals surface area contributed by atoms with Gasteiger partial charge in [0.2, 0.25) is 5.82 Å². The monoisotopic (exact) mass is 609 g/mol. The van der Waals surface area contributed by atoms with Gasteiger partial charge in [-0.05, 0) is 61.4 Å². The predicted molar refractivity (Wildman–Crippen MR) is 156 cm³/mol. The number of hydrogen-bond donors (Lipinski definition) is 4. The number of hydrogen-bond acceptors (Lipinski definition) is 11. The second-order valence-corrected chi connectivity index (χ2v) is 12.0. The van der Waals surface area contributed by atoms with Gasteiger partial charge >= 0.3 is 5.97 Å². The van der Waals surface area contributed by atoms with Crippen molar-refractivity contribution in [1.82, 2.24) is 19.5 Å². The largest absolute Gasteiger partial charge is 0.504 e. The Morgan fingerprint density at radius 3 is 2.81 bits per heavy atom. The average molecular weight is 610 g/mol. The number of anilines is 1. The van der Waals surface area contributed by atoms with Crippen molar-refractivity contribution in [2.75, 3.05) is 25.6 Å². The molecule has 4 N–H and O–H groups in total. The lowest BCUT2D eigenvalue weighted by molar-refractivity contribution is -0.156. The second-order valence-electron chi connectivity index (χ2n) is 10.3. The number of esters is 1. The molecule has 218 valence electrons. The van der Waals surface area contributed by atoms with Gasteiger partial charge in [0, 0.05) is 12.5 Å². The molecular weight excluding hydrogens is 582 g/mol. The molecule has 2 aliphatic carbocycles. The smallest absolute Gasteiger partial charge is 0.315 e. The maximum Gasteiger partial charge on any atom is 0.315 e. The molecule has 3 aromatic heterocycles. The molecule has 0 saturated heterocycles. The SMILES string of the molecule is CCOC(=O)[C@@]12C[C@@H]1[C@@H](n1cnc3c(NCCc4ccc(OC)c(O)c4)nc(C#Cc4ccc(Cl)s4)nc31)[C@H](O)[C@@H]2O. The summed E-state index contributed by atoms with van der Waals surface area (Å²) in [7, 11) is 1.49. The van der Waals surface area contributed by atoms with E-state index in [1.54, 1.807) is 36.0 Å². The van der Waals surface area contributed by atoms with Gasteiger partial charge in [0.05, 0.1) is 41.4 Å². The molecule has 13 heteroatoms. The molecule has 2 fully saturated rings. The molecule has 0 unspecified atom stereocenters. The van der Waals surface area contributed by atoms with Crippen molar-refractivity contribution in [3.63, 3.8) is 0 Å². The highest BCUT2D eigenvalue weighted by molar-refractivity contribution is 7.16. The normalized spacial score (nSPS) is 24.1. The maximum atomic E-state index is 12.8. The Morgan fingerprint density at radius 2 is 2.10 bits per heavy atom. The van der Waals surface area contributed by atoms with Gasteiger partial charge in [0.15, 0.2) is 28.5 Å². The number of imidazole rings is 1. The summed E-state index contributed by atoms with van der Waals surface area (Å²) < 4.78 is 12.7. The van der Waals surface area contributed by atoms with Crippen LogP contribution in [0.25, 0.3) is 11.2 Å². The topological polar surface area (TPSA) is 152 Å². The van der Waals surface area contributed by atoms with E-state index in [4.69, 9.17) is 21.1 Å². The van der Waals surface area contributed by atoms with Crippen LogP contribution in [0.2, 0.25) is 4.34 Å². The molecule has 6 rings (SSSR count). The van der Waals surface area contributed by atoms with E-state index in [0.29, 0.717) is 46.5 Å². The van der Waals surface area contributed by atoms with Crippen LogP contribution in [0.3, 0.4) is 0 Å². The maximum absolute atomic E-state index is 12.8. The van der Waals surface area contributed by atoms with Crippen molar-refractivity contribution in [3.8, 4) is 23.3 Å². The number of phenolic OH excluding ortho intramolecular Hbond substituents is 1. The Bertz CT molecular complexity index is 1730. The summed E-state index contributed by atoms with van der Waals surface area (Å²) in [4.78, 5) is 27.3. The lowest BCUT2D eigenvalue weighted by atomic mass is 9.99. The summed E-state index contributed by atoms with van der Waals surface area (Å²) in [5.41, 5.74) is 0.605. The van der Waals surface area contributed by atoms with Crippen molar-refractivity contribution in [3.05, 3.63) is 57.3 Å². The van der Waals surface area contributed by atoms with E-state index in [1.807, 2.05) is 12.1 Å². The Labute approximate surface area is 250 Å². The molecule has 2 saturated carbocycles. The number of thiophene rings is 1. The second kappa shape index (κ2) is 11.1. The number of nitrogens with zero attached hydrogens (tertiary/aromatic N) is 4. The molecule has 5 atom stereocenters. The molecule has 1 aromatic carbocycles. The van der Waals surface area contributed by atoms with Gasteiger partial charge in [-0.3, -0.25) is 4.79 Å². The third-order valence-corrected chi connectivity index (χ3v) is 9.04. The van der Waals surface area contributed by atoms with Crippen LogP contribution in [0.5, 0.6) is 11.5 Å². The van der Waals surface area contributed by atoms with E-state index in [1.165, 1.54) is 18.4 Å². The van der Waals surface area contributed by atoms with Gasteiger partial charge in [-0.1, -0.05) is 17.7 Å². The first-order valence-corrected chi connectivity index (χ1v) is 14.6. The Balaban J connectivity index is 1.34. The van der Waals surface area contributed by atoms with E-state index in [2.05, 4.69) is 32.1 Å². The number of rotatable bonds is 8. The van der Waals surface area contributed by atoms with Crippen molar-refractivity contribution in [1.29, 1.82) is 0 Å². The highest BCUT2D eigenvalue weighted by atomic mass is 35.5. The quantitative estimate of drug-likeness (QED) is 0.173. The Hall–Kier alpha value is -3.89. The first-order chi connectivity index (χ1) is 20.3. The van der Waals surface area contributed by atoms with Gasteiger partial charge < -0.3 is 34.7 Å². The van der Waals surface area contributed by atoms with Crippen LogP contribution in [-0.4, -0.2) is 73.3 Å². The summed E-state index contributed by atoms with van der Waals surface area (Å²) in [6.45, 7) is 2.35. The number of methoxy groups -OCH3 is 1.